The topological polar surface area (TPSA) is 119 Å². The number of nitro groups is 1. The summed E-state index contributed by atoms with van der Waals surface area (Å²) in [6, 6.07) is 3.33. The van der Waals surface area contributed by atoms with Gasteiger partial charge < -0.3 is 10.1 Å². The number of sulfonamides is 1. The molecule has 0 saturated heterocycles. The molecule has 1 aromatic carbocycles. The highest BCUT2D eigenvalue weighted by atomic mass is 32.2. The fourth-order valence-electron chi connectivity index (χ4n) is 2.24. The molecule has 0 saturated carbocycles. The zero-order valence-electron chi connectivity index (χ0n) is 16.3. The van der Waals surface area contributed by atoms with Crippen LogP contribution in [0.25, 0.3) is 0 Å². The fraction of sp³-hybridized carbons (Fsp3) is 0.588. The average Bonchev–Trinajstić information content (AvgIpc) is 2.60. The normalized spacial score (nSPS) is 12.9. The molecule has 1 unspecified atom stereocenters. The summed E-state index contributed by atoms with van der Waals surface area (Å²) < 4.78 is 31.5. The fourth-order valence-corrected chi connectivity index (χ4v) is 3.72. The molecule has 1 rings (SSSR count). The van der Waals surface area contributed by atoms with Crippen LogP contribution in [-0.2, 0) is 14.8 Å². The Kier molecular flexibility index (Phi) is 8.17. The molecule has 27 heavy (non-hydrogen) atoms. The Balaban J connectivity index is 3.04. The minimum absolute atomic E-state index is 0.0716. The van der Waals surface area contributed by atoms with E-state index in [-0.39, 0.29) is 35.7 Å². The zero-order chi connectivity index (χ0) is 20.8. The molecule has 0 heterocycles. The summed E-state index contributed by atoms with van der Waals surface area (Å²) >= 11 is 0. The van der Waals surface area contributed by atoms with E-state index >= 15 is 0 Å². The molecular formula is C17H27N3O6S. The number of carbonyl (C=O) groups is 1. The third kappa shape index (κ3) is 5.90. The minimum atomic E-state index is -3.84. The molecule has 0 aliphatic rings. The first kappa shape index (κ1) is 22.8. The highest BCUT2D eigenvalue weighted by molar-refractivity contribution is 7.89. The van der Waals surface area contributed by atoms with Gasteiger partial charge in [-0.05, 0) is 25.0 Å². The Labute approximate surface area is 159 Å². The summed E-state index contributed by atoms with van der Waals surface area (Å²) in [6.07, 6.45) is 0. The van der Waals surface area contributed by atoms with E-state index in [1.54, 1.807) is 13.8 Å². The van der Waals surface area contributed by atoms with Crippen LogP contribution in [0, 0.1) is 16.0 Å². The lowest BCUT2D eigenvalue weighted by Gasteiger charge is -2.19. The summed E-state index contributed by atoms with van der Waals surface area (Å²) in [5.41, 5.74) is -0.507. The predicted molar refractivity (Wildman–Crippen MR) is 101 cm³/mol. The van der Waals surface area contributed by atoms with Crippen molar-refractivity contribution in [3.05, 3.63) is 28.3 Å². The lowest BCUT2D eigenvalue weighted by molar-refractivity contribution is -0.386. The van der Waals surface area contributed by atoms with Gasteiger partial charge in [-0.2, -0.15) is 4.31 Å². The van der Waals surface area contributed by atoms with Crippen LogP contribution in [-0.4, -0.2) is 49.3 Å². The summed E-state index contributed by atoms with van der Waals surface area (Å²) in [4.78, 5) is 22.3. The number of hydrogen-bond acceptors (Lipinski definition) is 6. The van der Waals surface area contributed by atoms with Gasteiger partial charge in [0.1, 0.15) is 0 Å². The summed E-state index contributed by atoms with van der Waals surface area (Å²) in [6.45, 7) is 9.21. The largest absolute Gasteiger partial charge is 0.477 e. The Morgan fingerprint density at radius 1 is 1.26 bits per heavy atom. The summed E-state index contributed by atoms with van der Waals surface area (Å²) in [7, 11) is -3.84. The average molecular weight is 401 g/mol. The van der Waals surface area contributed by atoms with Crippen molar-refractivity contribution in [2.45, 2.75) is 45.6 Å². The molecule has 1 N–H and O–H groups in total. The van der Waals surface area contributed by atoms with Gasteiger partial charge in [0.05, 0.1) is 9.82 Å². The molecule has 0 radical (unpaired) electrons. The number of nitro benzene ring substituents is 1. The van der Waals surface area contributed by atoms with Gasteiger partial charge in [0.25, 0.3) is 5.91 Å². The van der Waals surface area contributed by atoms with Gasteiger partial charge in [-0.15, -0.1) is 0 Å². The van der Waals surface area contributed by atoms with Crippen LogP contribution in [0.4, 0.5) is 5.69 Å². The van der Waals surface area contributed by atoms with Gasteiger partial charge in [0, 0.05) is 25.2 Å². The Morgan fingerprint density at radius 2 is 1.85 bits per heavy atom. The molecule has 0 aromatic heterocycles. The third-order valence-corrected chi connectivity index (χ3v) is 6.26. The van der Waals surface area contributed by atoms with Crippen LogP contribution < -0.4 is 10.1 Å². The molecule has 0 fully saturated rings. The lowest BCUT2D eigenvalue weighted by Crippen LogP contribution is -2.39. The highest BCUT2D eigenvalue weighted by Gasteiger charge is 2.26. The van der Waals surface area contributed by atoms with E-state index in [0.29, 0.717) is 0 Å². The van der Waals surface area contributed by atoms with Crippen molar-refractivity contribution in [1.29, 1.82) is 0 Å². The van der Waals surface area contributed by atoms with Crippen LogP contribution in [0.3, 0.4) is 0 Å². The summed E-state index contributed by atoms with van der Waals surface area (Å²) in [5, 5.41) is 14.1. The Hall–Kier alpha value is -2.20. The van der Waals surface area contributed by atoms with E-state index < -0.39 is 33.1 Å². The molecule has 0 spiro atoms. The first-order valence-corrected chi connectivity index (χ1v) is 10.2. The molecule has 0 aliphatic heterocycles. The number of benzene rings is 1. The molecule has 1 atom stereocenters. The van der Waals surface area contributed by atoms with Crippen molar-refractivity contribution >= 4 is 21.6 Å². The lowest BCUT2D eigenvalue weighted by atomic mass is 10.1. The van der Waals surface area contributed by atoms with Crippen molar-refractivity contribution in [1.82, 2.24) is 9.62 Å². The molecular weight excluding hydrogens is 374 g/mol. The van der Waals surface area contributed by atoms with Crippen molar-refractivity contribution < 1.29 is 22.9 Å². The Bertz CT molecular complexity index is 775. The maximum Gasteiger partial charge on any atom is 0.312 e. The second-order valence-corrected chi connectivity index (χ2v) is 8.30. The number of hydrogen-bond donors (Lipinski definition) is 1. The predicted octanol–water partition coefficient (Wildman–Crippen LogP) is 2.16. The molecule has 0 aliphatic carbocycles. The molecule has 9 nitrogen and oxygen atoms in total. The zero-order valence-corrected chi connectivity index (χ0v) is 17.1. The standard InChI is InChI=1S/C17H27N3O6S/c1-6-19(7-2)27(24,25)14-8-9-16(15(10-14)20(22)23)26-11-17(21)18-13(5)12(3)4/h8-10,12-13H,6-7,11H2,1-5H3,(H,18,21). The van der Waals surface area contributed by atoms with Crippen molar-refractivity contribution in [3.63, 3.8) is 0 Å². The van der Waals surface area contributed by atoms with Crippen LogP contribution in [0.1, 0.15) is 34.6 Å². The maximum absolute atomic E-state index is 12.5. The van der Waals surface area contributed by atoms with Gasteiger partial charge >= 0.3 is 5.69 Å². The van der Waals surface area contributed by atoms with E-state index in [1.165, 1.54) is 16.4 Å². The summed E-state index contributed by atoms with van der Waals surface area (Å²) in [5.74, 6) is -0.343. The number of nitrogens with one attached hydrogen (secondary N) is 1. The number of rotatable bonds is 10. The number of amides is 1. The van der Waals surface area contributed by atoms with Crippen LogP contribution in [0.5, 0.6) is 5.75 Å². The molecule has 0 bridgehead atoms. The number of ether oxygens (including phenoxy) is 1. The van der Waals surface area contributed by atoms with Gasteiger partial charge in [-0.25, -0.2) is 8.42 Å². The number of carbonyl (C=O) groups excluding carboxylic acids is 1. The first-order valence-electron chi connectivity index (χ1n) is 8.75. The third-order valence-electron chi connectivity index (χ3n) is 4.22. The second kappa shape index (κ2) is 9.65. The first-order chi connectivity index (χ1) is 12.5. The van der Waals surface area contributed by atoms with E-state index in [4.69, 9.17) is 4.74 Å². The monoisotopic (exact) mass is 401 g/mol. The van der Waals surface area contributed by atoms with Crippen molar-refractivity contribution in [2.24, 2.45) is 5.92 Å². The van der Waals surface area contributed by atoms with Crippen LogP contribution >= 0.6 is 0 Å². The second-order valence-electron chi connectivity index (χ2n) is 6.36. The van der Waals surface area contributed by atoms with Gasteiger partial charge in [-0.3, -0.25) is 14.9 Å². The van der Waals surface area contributed by atoms with Gasteiger partial charge in [-0.1, -0.05) is 27.7 Å². The smallest absolute Gasteiger partial charge is 0.312 e. The quantitative estimate of drug-likeness (QED) is 0.474. The van der Waals surface area contributed by atoms with Gasteiger partial charge in [0.15, 0.2) is 12.4 Å². The van der Waals surface area contributed by atoms with Crippen LogP contribution in [0.2, 0.25) is 0 Å². The molecule has 10 heteroatoms. The minimum Gasteiger partial charge on any atom is -0.477 e. The SMILES string of the molecule is CCN(CC)S(=O)(=O)c1ccc(OCC(=O)NC(C)C(C)C)c([N+](=O)[O-])c1. The van der Waals surface area contributed by atoms with E-state index in [9.17, 15) is 23.3 Å². The maximum atomic E-state index is 12.5. The van der Waals surface area contributed by atoms with Crippen molar-refractivity contribution in [2.75, 3.05) is 19.7 Å². The Morgan fingerprint density at radius 3 is 2.33 bits per heavy atom. The van der Waals surface area contributed by atoms with Gasteiger partial charge in [0.2, 0.25) is 10.0 Å². The van der Waals surface area contributed by atoms with E-state index in [2.05, 4.69) is 5.32 Å². The molecule has 1 aromatic rings. The number of nitrogens with zero attached hydrogens (tertiary/aromatic N) is 2. The molecule has 152 valence electrons. The molecule has 1 amide bonds. The highest BCUT2D eigenvalue weighted by Crippen LogP contribution is 2.30. The van der Waals surface area contributed by atoms with Crippen molar-refractivity contribution in [3.8, 4) is 5.75 Å². The van der Waals surface area contributed by atoms with E-state index in [0.717, 1.165) is 6.07 Å². The van der Waals surface area contributed by atoms with Crippen LogP contribution in [0.15, 0.2) is 23.1 Å². The van der Waals surface area contributed by atoms with E-state index in [1.807, 2.05) is 20.8 Å².